The van der Waals surface area contributed by atoms with E-state index in [-0.39, 0.29) is 11.5 Å². The number of amides is 1. The first-order chi connectivity index (χ1) is 17.2. The number of carbonyl (C=O) groups excluding carboxylic acids is 1. The molecule has 1 aromatic carbocycles. The number of aliphatic hydroxyl groups is 1. The Morgan fingerprint density at radius 1 is 1.22 bits per heavy atom. The predicted octanol–water partition coefficient (Wildman–Crippen LogP) is 2.26. The highest BCUT2D eigenvalue weighted by molar-refractivity contribution is 6.32. The largest absolute Gasteiger partial charge is 0.389 e. The predicted molar refractivity (Wildman–Crippen MR) is 135 cm³/mol. The molecule has 4 unspecified atom stereocenters. The average molecular weight is 511 g/mol. The van der Waals surface area contributed by atoms with Gasteiger partial charge in [0.2, 0.25) is 5.91 Å². The number of piperidine rings is 1. The molecule has 0 bridgehead atoms. The third-order valence-electron chi connectivity index (χ3n) is 8.71. The van der Waals surface area contributed by atoms with E-state index in [0.29, 0.717) is 31.2 Å². The lowest BCUT2D eigenvalue weighted by atomic mass is 9.85. The molecule has 9 nitrogen and oxygen atoms in total. The van der Waals surface area contributed by atoms with E-state index in [1.165, 1.54) is 4.80 Å². The van der Waals surface area contributed by atoms with Crippen LogP contribution in [0.15, 0.2) is 30.6 Å². The van der Waals surface area contributed by atoms with Crippen LogP contribution in [-0.4, -0.2) is 73.8 Å². The quantitative estimate of drug-likeness (QED) is 0.540. The molecular weight excluding hydrogens is 480 g/mol. The fourth-order valence-corrected chi connectivity index (χ4v) is 6.55. The molecule has 2 aliphatic heterocycles. The summed E-state index contributed by atoms with van der Waals surface area (Å²) in [5.41, 5.74) is 7.26. The average Bonchev–Trinajstić information content (AvgIpc) is 3.34. The van der Waals surface area contributed by atoms with Crippen LogP contribution in [0.5, 0.6) is 0 Å². The van der Waals surface area contributed by atoms with Gasteiger partial charge >= 0.3 is 0 Å². The molecule has 2 aromatic heterocycles. The SMILES string of the molecule is Cn1ncc(C2CC2(C(N)=O)c2cc3cc(C4CCN(C5(C)COCC5O)CC4)c(Cl)cc3cn2)n1. The Balaban J connectivity index is 1.28. The summed E-state index contributed by atoms with van der Waals surface area (Å²) in [6, 6.07) is 6.10. The number of halogens is 1. The van der Waals surface area contributed by atoms with Crippen molar-refractivity contribution in [3.05, 3.63) is 52.6 Å². The van der Waals surface area contributed by atoms with Gasteiger partial charge in [-0.2, -0.15) is 15.0 Å². The molecule has 2 saturated heterocycles. The molecule has 0 spiro atoms. The maximum atomic E-state index is 12.6. The van der Waals surface area contributed by atoms with E-state index in [0.717, 1.165) is 53.0 Å². The molecular formula is C26H31ClN6O3. The van der Waals surface area contributed by atoms with E-state index in [9.17, 15) is 9.90 Å². The number of aromatic nitrogens is 4. The topological polar surface area (TPSA) is 119 Å². The second-order valence-electron chi connectivity index (χ2n) is 10.8. The van der Waals surface area contributed by atoms with Crippen LogP contribution in [0.3, 0.4) is 0 Å². The summed E-state index contributed by atoms with van der Waals surface area (Å²) in [6.07, 6.45) is 5.48. The number of primary amides is 1. The monoisotopic (exact) mass is 510 g/mol. The smallest absolute Gasteiger partial charge is 0.230 e. The van der Waals surface area contributed by atoms with Crippen LogP contribution in [0, 0.1) is 0 Å². The van der Waals surface area contributed by atoms with Crippen LogP contribution in [0.2, 0.25) is 5.02 Å². The van der Waals surface area contributed by atoms with Crippen molar-refractivity contribution in [1.29, 1.82) is 0 Å². The minimum absolute atomic E-state index is 0.124. The molecule has 4 atom stereocenters. The normalized spacial score (nSPS) is 31.2. The molecule has 190 valence electrons. The van der Waals surface area contributed by atoms with E-state index in [1.54, 1.807) is 19.4 Å². The summed E-state index contributed by atoms with van der Waals surface area (Å²) in [5.74, 6) is -0.199. The van der Waals surface area contributed by atoms with Gasteiger partial charge in [-0.3, -0.25) is 14.7 Å². The van der Waals surface area contributed by atoms with Gasteiger partial charge in [0, 0.05) is 29.6 Å². The lowest BCUT2D eigenvalue weighted by Crippen LogP contribution is -2.56. The van der Waals surface area contributed by atoms with Gasteiger partial charge in [0.05, 0.1) is 42.4 Å². The van der Waals surface area contributed by atoms with E-state index >= 15 is 0 Å². The molecule has 36 heavy (non-hydrogen) atoms. The van der Waals surface area contributed by atoms with Crippen LogP contribution < -0.4 is 5.73 Å². The lowest BCUT2D eigenvalue weighted by Gasteiger charge is -2.43. The van der Waals surface area contributed by atoms with Crippen molar-refractivity contribution in [2.45, 2.75) is 55.1 Å². The number of carbonyl (C=O) groups is 1. The number of ether oxygens (including phenoxy) is 1. The summed E-state index contributed by atoms with van der Waals surface area (Å²) < 4.78 is 5.54. The highest BCUT2D eigenvalue weighted by atomic mass is 35.5. The standard InChI is InChI=1S/C26H31ClN6O3/c1-25(14-36-13-23(25)34)33-5-3-15(4-6-33)18-7-16-9-22(29-11-17(16)8-20(18)27)26(24(28)35)10-19(26)21-12-30-32(2)31-21/h7-9,11-12,15,19,23,34H,3-6,10,13-14H2,1-2H3,(H2,28,35). The maximum Gasteiger partial charge on any atom is 0.230 e. The zero-order valence-corrected chi connectivity index (χ0v) is 21.3. The Morgan fingerprint density at radius 2 is 2.00 bits per heavy atom. The number of likely N-dealkylation sites (tertiary alicyclic amines) is 1. The molecule has 4 heterocycles. The van der Waals surface area contributed by atoms with E-state index in [2.05, 4.69) is 33.1 Å². The summed E-state index contributed by atoms with van der Waals surface area (Å²) >= 11 is 6.76. The molecule has 6 rings (SSSR count). The van der Waals surface area contributed by atoms with Crippen LogP contribution >= 0.6 is 11.6 Å². The molecule has 1 amide bonds. The van der Waals surface area contributed by atoms with Crippen LogP contribution in [0.25, 0.3) is 10.8 Å². The number of hydrogen-bond donors (Lipinski definition) is 2. The van der Waals surface area contributed by atoms with E-state index in [4.69, 9.17) is 22.1 Å². The molecule has 1 saturated carbocycles. The Hall–Kier alpha value is -2.59. The molecule has 3 N–H and O–H groups in total. The van der Waals surface area contributed by atoms with Gasteiger partial charge in [-0.1, -0.05) is 11.6 Å². The number of rotatable bonds is 5. The van der Waals surface area contributed by atoms with Crippen molar-refractivity contribution in [2.75, 3.05) is 26.3 Å². The van der Waals surface area contributed by atoms with Crippen molar-refractivity contribution < 1.29 is 14.6 Å². The van der Waals surface area contributed by atoms with Gasteiger partial charge in [-0.15, -0.1) is 0 Å². The van der Waals surface area contributed by atoms with Crippen molar-refractivity contribution >= 4 is 28.3 Å². The summed E-state index contributed by atoms with van der Waals surface area (Å²) in [5, 5.41) is 21.7. The molecule has 0 radical (unpaired) electrons. The first kappa shape index (κ1) is 23.8. The molecule has 3 fully saturated rings. The van der Waals surface area contributed by atoms with Crippen molar-refractivity contribution in [3.8, 4) is 0 Å². The first-order valence-corrected chi connectivity index (χ1v) is 12.9. The number of hydrogen-bond acceptors (Lipinski definition) is 7. The first-order valence-electron chi connectivity index (χ1n) is 12.5. The summed E-state index contributed by atoms with van der Waals surface area (Å²) in [6.45, 7) is 4.80. The highest BCUT2D eigenvalue weighted by Gasteiger charge is 2.63. The fraction of sp³-hybridized carbons (Fsp3) is 0.538. The van der Waals surface area contributed by atoms with E-state index < -0.39 is 17.4 Å². The number of pyridine rings is 1. The minimum atomic E-state index is -0.866. The van der Waals surface area contributed by atoms with Gasteiger partial charge in [0.25, 0.3) is 0 Å². The van der Waals surface area contributed by atoms with Crippen molar-refractivity contribution in [1.82, 2.24) is 24.9 Å². The number of nitrogens with two attached hydrogens (primary N) is 1. The number of benzene rings is 1. The van der Waals surface area contributed by atoms with E-state index in [1.807, 2.05) is 12.1 Å². The Kier molecular flexibility index (Phi) is 5.60. The van der Waals surface area contributed by atoms with Crippen LogP contribution in [-0.2, 0) is 22.0 Å². The third-order valence-corrected chi connectivity index (χ3v) is 9.04. The van der Waals surface area contributed by atoms with Gasteiger partial charge in [-0.25, -0.2) is 0 Å². The van der Waals surface area contributed by atoms with Crippen LogP contribution in [0.4, 0.5) is 0 Å². The Morgan fingerprint density at radius 3 is 2.64 bits per heavy atom. The number of aryl methyl sites for hydroxylation is 1. The second kappa shape index (κ2) is 8.48. The van der Waals surface area contributed by atoms with Gasteiger partial charge in [-0.05, 0) is 74.3 Å². The Labute approximate surface area is 214 Å². The molecule has 10 heteroatoms. The van der Waals surface area contributed by atoms with Gasteiger partial charge < -0.3 is 15.6 Å². The van der Waals surface area contributed by atoms with Gasteiger partial charge in [0.15, 0.2) is 0 Å². The fourth-order valence-electron chi connectivity index (χ4n) is 6.22. The molecule has 3 aromatic rings. The zero-order valence-electron chi connectivity index (χ0n) is 20.5. The second-order valence-corrected chi connectivity index (χ2v) is 11.2. The Bertz CT molecular complexity index is 1340. The van der Waals surface area contributed by atoms with Crippen molar-refractivity contribution in [3.63, 3.8) is 0 Å². The lowest BCUT2D eigenvalue weighted by molar-refractivity contribution is -0.120. The summed E-state index contributed by atoms with van der Waals surface area (Å²) in [4.78, 5) is 21.1. The summed E-state index contributed by atoms with van der Waals surface area (Å²) in [7, 11) is 1.76. The number of fused-ring (bicyclic) bond motifs is 1. The van der Waals surface area contributed by atoms with Gasteiger partial charge in [0.1, 0.15) is 5.41 Å². The zero-order chi connectivity index (χ0) is 25.2. The third kappa shape index (κ3) is 3.63. The maximum absolute atomic E-state index is 12.6. The number of nitrogens with zero attached hydrogens (tertiary/aromatic N) is 5. The minimum Gasteiger partial charge on any atom is -0.389 e. The van der Waals surface area contributed by atoms with Crippen LogP contribution in [0.1, 0.15) is 55.0 Å². The van der Waals surface area contributed by atoms with Crippen molar-refractivity contribution in [2.24, 2.45) is 12.8 Å². The molecule has 1 aliphatic carbocycles. The molecule has 3 aliphatic rings. The number of aliphatic hydroxyl groups excluding tert-OH is 1. The highest BCUT2D eigenvalue weighted by Crippen LogP contribution is 2.59.